The third kappa shape index (κ3) is 4.85. The van der Waals surface area contributed by atoms with E-state index in [9.17, 15) is 9.59 Å². The van der Waals surface area contributed by atoms with Crippen molar-refractivity contribution in [3.63, 3.8) is 0 Å². The Labute approximate surface area is 155 Å². The van der Waals surface area contributed by atoms with Gasteiger partial charge in [0.25, 0.3) is 0 Å². The van der Waals surface area contributed by atoms with E-state index in [0.717, 1.165) is 11.8 Å². The number of rotatable bonds is 7. The molecule has 0 aliphatic heterocycles. The first-order valence-corrected chi connectivity index (χ1v) is 8.74. The number of para-hydroxylation sites is 2. The van der Waals surface area contributed by atoms with E-state index < -0.39 is 11.2 Å². The molecule has 0 aliphatic carbocycles. The van der Waals surface area contributed by atoms with Crippen molar-refractivity contribution < 1.29 is 19.1 Å². The first-order valence-electron chi connectivity index (χ1n) is 7.86. The molecule has 1 atom stereocenters. The van der Waals surface area contributed by atoms with Gasteiger partial charge in [0.1, 0.15) is 17.1 Å². The number of nitrogens with one attached hydrogen (secondary N) is 1. The van der Waals surface area contributed by atoms with Crippen molar-refractivity contribution in [1.82, 2.24) is 9.97 Å². The second kappa shape index (κ2) is 9.04. The lowest BCUT2D eigenvalue weighted by Crippen LogP contribution is -2.23. The summed E-state index contributed by atoms with van der Waals surface area (Å²) in [4.78, 5) is 32.2. The molecule has 26 heavy (non-hydrogen) atoms. The Morgan fingerprint density at radius 3 is 2.73 bits per heavy atom. The van der Waals surface area contributed by atoms with Crippen LogP contribution >= 0.6 is 11.8 Å². The summed E-state index contributed by atoms with van der Waals surface area (Å²) in [6, 6.07) is 7.12. The van der Waals surface area contributed by atoms with Crippen LogP contribution in [0.4, 0.5) is 11.5 Å². The number of hydrogen-bond donors (Lipinski definition) is 2. The van der Waals surface area contributed by atoms with Crippen LogP contribution in [0.1, 0.15) is 24.2 Å². The number of nitrogens with zero attached hydrogens (tertiary/aromatic N) is 2. The highest BCUT2D eigenvalue weighted by molar-refractivity contribution is 8.00. The largest absolute Gasteiger partial charge is 0.495 e. The molecule has 1 amide bonds. The van der Waals surface area contributed by atoms with Crippen LogP contribution in [0.15, 0.2) is 35.6 Å². The molecule has 0 radical (unpaired) electrons. The SMILES string of the molecule is CCOC(=O)c1cnc(SC(C)C(=O)Nc2ccccc2OC)nc1N. The van der Waals surface area contributed by atoms with Crippen molar-refractivity contribution in [3.05, 3.63) is 36.0 Å². The van der Waals surface area contributed by atoms with Gasteiger partial charge in [0.2, 0.25) is 5.91 Å². The molecule has 0 saturated carbocycles. The van der Waals surface area contributed by atoms with Gasteiger partial charge in [-0.2, -0.15) is 0 Å². The van der Waals surface area contributed by atoms with E-state index in [2.05, 4.69) is 15.3 Å². The predicted molar refractivity (Wildman–Crippen MR) is 99.3 cm³/mol. The number of carbonyl (C=O) groups is 2. The van der Waals surface area contributed by atoms with E-state index in [1.165, 1.54) is 13.3 Å². The molecule has 1 aromatic carbocycles. The van der Waals surface area contributed by atoms with Crippen molar-refractivity contribution in [1.29, 1.82) is 0 Å². The molecule has 1 heterocycles. The van der Waals surface area contributed by atoms with Crippen molar-refractivity contribution in [2.75, 3.05) is 24.8 Å². The van der Waals surface area contributed by atoms with Gasteiger partial charge in [0, 0.05) is 6.20 Å². The lowest BCUT2D eigenvalue weighted by atomic mass is 10.3. The smallest absolute Gasteiger partial charge is 0.343 e. The fourth-order valence-corrected chi connectivity index (χ4v) is 2.74. The molecule has 3 N–H and O–H groups in total. The van der Waals surface area contributed by atoms with Crippen LogP contribution in [0.5, 0.6) is 5.75 Å². The molecule has 1 aromatic heterocycles. The number of hydrogen-bond acceptors (Lipinski definition) is 8. The minimum absolute atomic E-state index is 0.0123. The van der Waals surface area contributed by atoms with Gasteiger partial charge in [-0.25, -0.2) is 14.8 Å². The number of benzene rings is 1. The molecule has 2 aromatic rings. The monoisotopic (exact) mass is 376 g/mol. The summed E-state index contributed by atoms with van der Waals surface area (Å²) >= 11 is 1.13. The molecular weight excluding hydrogens is 356 g/mol. The summed E-state index contributed by atoms with van der Waals surface area (Å²) in [5, 5.41) is 2.59. The second-order valence-corrected chi connectivity index (χ2v) is 6.43. The van der Waals surface area contributed by atoms with E-state index >= 15 is 0 Å². The van der Waals surface area contributed by atoms with Crippen molar-refractivity contribution >= 4 is 35.1 Å². The molecule has 0 bridgehead atoms. The summed E-state index contributed by atoms with van der Waals surface area (Å²) in [6.07, 6.45) is 1.30. The Morgan fingerprint density at radius 1 is 1.35 bits per heavy atom. The quantitative estimate of drug-likeness (QED) is 0.430. The third-order valence-corrected chi connectivity index (χ3v) is 4.28. The Kier molecular flexibility index (Phi) is 6.79. The fraction of sp³-hybridized carbons (Fsp3) is 0.294. The molecular formula is C17H20N4O4S. The van der Waals surface area contributed by atoms with Gasteiger partial charge in [-0.05, 0) is 26.0 Å². The molecule has 1 unspecified atom stereocenters. The molecule has 0 spiro atoms. The highest BCUT2D eigenvalue weighted by Crippen LogP contribution is 2.26. The van der Waals surface area contributed by atoms with Crippen LogP contribution in [0, 0.1) is 0 Å². The molecule has 138 valence electrons. The zero-order chi connectivity index (χ0) is 19.1. The molecule has 0 saturated heterocycles. The van der Waals surface area contributed by atoms with Crippen molar-refractivity contribution in [2.45, 2.75) is 24.3 Å². The summed E-state index contributed by atoms with van der Waals surface area (Å²) in [7, 11) is 1.53. The van der Waals surface area contributed by atoms with Crippen LogP contribution in [-0.4, -0.2) is 40.8 Å². The van der Waals surface area contributed by atoms with E-state index in [0.29, 0.717) is 16.6 Å². The topological polar surface area (TPSA) is 116 Å². The molecule has 0 aliphatic rings. The lowest BCUT2D eigenvalue weighted by Gasteiger charge is -2.13. The Hall–Kier alpha value is -2.81. The number of anilines is 2. The van der Waals surface area contributed by atoms with E-state index in [-0.39, 0.29) is 23.9 Å². The van der Waals surface area contributed by atoms with Gasteiger partial charge >= 0.3 is 5.97 Å². The number of esters is 1. The second-order valence-electron chi connectivity index (χ2n) is 5.12. The molecule has 8 nitrogen and oxygen atoms in total. The fourth-order valence-electron chi connectivity index (χ4n) is 1.99. The Morgan fingerprint density at radius 2 is 2.08 bits per heavy atom. The van der Waals surface area contributed by atoms with E-state index in [4.69, 9.17) is 15.2 Å². The first-order chi connectivity index (χ1) is 12.5. The number of ether oxygens (including phenoxy) is 2. The van der Waals surface area contributed by atoms with Crippen LogP contribution in [0.25, 0.3) is 0 Å². The van der Waals surface area contributed by atoms with E-state index in [1.807, 2.05) is 6.07 Å². The lowest BCUT2D eigenvalue weighted by molar-refractivity contribution is -0.115. The average Bonchev–Trinajstić information content (AvgIpc) is 2.62. The Bertz CT molecular complexity index is 800. The summed E-state index contributed by atoms with van der Waals surface area (Å²) < 4.78 is 10.1. The maximum absolute atomic E-state index is 12.4. The molecule has 9 heteroatoms. The third-order valence-electron chi connectivity index (χ3n) is 3.31. The van der Waals surface area contributed by atoms with Gasteiger partial charge in [-0.15, -0.1) is 0 Å². The predicted octanol–water partition coefficient (Wildman–Crippen LogP) is 2.36. The summed E-state index contributed by atoms with van der Waals surface area (Å²) in [6.45, 7) is 3.64. The highest BCUT2D eigenvalue weighted by Gasteiger charge is 2.19. The standard InChI is InChI=1S/C17H20N4O4S/c1-4-25-16(23)11-9-19-17(21-14(11)18)26-10(2)15(22)20-12-7-5-6-8-13(12)24-3/h5-10H,4H2,1-3H3,(H,20,22)(H2,18,19,21). The average molecular weight is 376 g/mol. The Balaban J connectivity index is 2.04. The van der Waals surface area contributed by atoms with Gasteiger partial charge in [0.05, 0.1) is 24.7 Å². The minimum atomic E-state index is -0.580. The number of nitrogen functional groups attached to an aromatic ring is 1. The van der Waals surface area contributed by atoms with Crippen LogP contribution < -0.4 is 15.8 Å². The normalized spacial score (nSPS) is 11.5. The molecule has 0 fully saturated rings. The van der Waals surface area contributed by atoms with E-state index in [1.54, 1.807) is 32.0 Å². The van der Waals surface area contributed by atoms with Gasteiger partial charge < -0.3 is 20.5 Å². The van der Waals surface area contributed by atoms with Gasteiger partial charge in [-0.3, -0.25) is 4.79 Å². The number of amides is 1. The maximum atomic E-state index is 12.4. The van der Waals surface area contributed by atoms with Gasteiger partial charge in [0.15, 0.2) is 5.16 Å². The van der Waals surface area contributed by atoms with Crippen molar-refractivity contribution in [2.24, 2.45) is 0 Å². The molecule has 2 rings (SSSR count). The number of thioether (sulfide) groups is 1. The number of nitrogens with two attached hydrogens (primary N) is 1. The minimum Gasteiger partial charge on any atom is -0.495 e. The van der Waals surface area contributed by atoms with Crippen molar-refractivity contribution in [3.8, 4) is 5.75 Å². The zero-order valence-electron chi connectivity index (χ0n) is 14.7. The number of aromatic nitrogens is 2. The van der Waals surface area contributed by atoms with Crippen LogP contribution in [0.3, 0.4) is 0 Å². The zero-order valence-corrected chi connectivity index (χ0v) is 15.5. The van der Waals surface area contributed by atoms with Crippen LogP contribution in [0.2, 0.25) is 0 Å². The number of methoxy groups -OCH3 is 1. The summed E-state index contributed by atoms with van der Waals surface area (Å²) in [5.41, 5.74) is 6.46. The number of carbonyl (C=O) groups excluding carboxylic acids is 2. The first kappa shape index (κ1) is 19.5. The summed E-state index contributed by atoms with van der Waals surface area (Å²) in [5.74, 6) is -0.240. The van der Waals surface area contributed by atoms with Gasteiger partial charge in [-0.1, -0.05) is 23.9 Å². The highest BCUT2D eigenvalue weighted by atomic mass is 32.2. The maximum Gasteiger partial charge on any atom is 0.343 e. The van der Waals surface area contributed by atoms with Crippen LogP contribution in [-0.2, 0) is 9.53 Å².